The van der Waals surface area contributed by atoms with Crippen molar-refractivity contribution in [1.82, 2.24) is 0 Å². The Kier molecular flexibility index (Phi) is 6.64. The Bertz CT molecular complexity index is 335. The molecule has 0 bridgehead atoms. The van der Waals surface area contributed by atoms with Crippen LogP contribution in [0.4, 0.5) is 0 Å². The molecule has 0 amide bonds. The first-order valence-electron chi connectivity index (χ1n) is 3.23. The molecule has 0 aromatic heterocycles. The second kappa shape index (κ2) is 6.88. The second-order valence-corrected chi connectivity index (χ2v) is 3.59. The fourth-order valence-electron chi connectivity index (χ4n) is 0.417. The van der Waals surface area contributed by atoms with Gasteiger partial charge in [-0.05, 0) is 0 Å². The summed E-state index contributed by atoms with van der Waals surface area (Å²) in [6.07, 6.45) is 0.0568. The molecule has 1 atom stereocenters. The Balaban J connectivity index is 3.49. The van der Waals surface area contributed by atoms with Crippen LogP contribution in [0.5, 0.6) is 0 Å². The SMILES string of the molecule is O=S(O)OCC#CCCOS(=O)(=O)O. The van der Waals surface area contributed by atoms with E-state index in [1.807, 2.05) is 0 Å². The standard InChI is InChI=1S/C5H8O7S2/c6-13(7)11-4-2-1-3-5-12-14(8,9)10/h3-5H2,(H,6,7)(H,8,9,10). The van der Waals surface area contributed by atoms with Crippen molar-refractivity contribution in [2.45, 2.75) is 6.42 Å². The zero-order valence-corrected chi connectivity index (χ0v) is 8.51. The van der Waals surface area contributed by atoms with Crippen molar-refractivity contribution >= 4 is 21.8 Å². The quantitative estimate of drug-likeness (QED) is 0.286. The second-order valence-electron chi connectivity index (χ2n) is 1.83. The zero-order valence-electron chi connectivity index (χ0n) is 6.87. The van der Waals surface area contributed by atoms with E-state index in [4.69, 9.17) is 9.11 Å². The van der Waals surface area contributed by atoms with Crippen molar-refractivity contribution in [3.8, 4) is 11.8 Å². The Morgan fingerprint density at radius 1 is 1.36 bits per heavy atom. The van der Waals surface area contributed by atoms with Gasteiger partial charge in [0.1, 0.15) is 6.61 Å². The number of hydrogen-bond donors (Lipinski definition) is 2. The molecule has 0 spiro atoms. The van der Waals surface area contributed by atoms with Crippen LogP contribution in [0.1, 0.15) is 6.42 Å². The van der Waals surface area contributed by atoms with Crippen LogP contribution in [0.2, 0.25) is 0 Å². The van der Waals surface area contributed by atoms with Gasteiger partial charge in [0.25, 0.3) is 0 Å². The monoisotopic (exact) mass is 244 g/mol. The third kappa shape index (κ3) is 11.5. The third-order valence-corrected chi connectivity index (χ3v) is 1.60. The molecule has 7 nitrogen and oxygen atoms in total. The summed E-state index contributed by atoms with van der Waals surface area (Å²) in [6.45, 7) is -0.525. The molecule has 0 rings (SSSR count). The van der Waals surface area contributed by atoms with Gasteiger partial charge in [-0.3, -0.25) is 13.3 Å². The first kappa shape index (κ1) is 13.5. The van der Waals surface area contributed by atoms with E-state index >= 15 is 0 Å². The predicted molar refractivity (Wildman–Crippen MR) is 46.6 cm³/mol. The molecule has 0 radical (unpaired) electrons. The van der Waals surface area contributed by atoms with Gasteiger partial charge in [0.05, 0.1) is 6.61 Å². The summed E-state index contributed by atoms with van der Waals surface area (Å²) in [7, 11) is -4.42. The maximum atomic E-state index is 10.00. The van der Waals surface area contributed by atoms with E-state index in [1.165, 1.54) is 0 Å². The molecule has 0 aliphatic rings. The van der Waals surface area contributed by atoms with Crippen molar-refractivity contribution in [3.05, 3.63) is 0 Å². The molecule has 0 saturated carbocycles. The van der Waals surface area contributed by atoms with Crippen LogP contribution in [0.3, 0.4) is 0 Å². The molecular weight excluding hydrogens is 236 g/mol. The summed E-state index contributed by atoms with van der Waals surface area (Å²) in [5.41, 5.74) is 0. The van der Waals surface area contributed by atoms with Crippen molar-refractivity contribution < 1.29 is 30.1 Å². The molecule has 0 aromatic rings. The predicted octanol–water partition coefficient (Wildman–Crippen LogP) is -0.647. The first-order chi connectivity index (χ1) is 6.42. The minimum Gasteiger partial charge on any atom is -0.284 e. The molecule has 82 valence electrons. The molecular formula is C5H8O7S2. The van der Waals surface area contributed by atoms with Gasteiger partial charge in [-0.25, -0.2) is 4.18 Å². The van der Waals surface area contributed by atoms with Gasteiger partial charge in [-0.1, -0.05) is 11.8 Å². The molecule has 0 fully saturated rings. The lowest BCUT2D eigenvalue weighted by atomic mass is 10.4. The van der Waals surface area contributed by atoms with Gasteiger partial charge >= 0.3 is 21.8 Å². The number of hydrogen-bond acceptors (Lipinski definition) is 5. The first-order valence-corrected chi connectivity index (χ1v) is 5.63. The van der Waals surface area contributed by atoms with Gasteiger partial charge < -0.3 is 0 Å². The Morgan fingerprint density at radius 3 is 2.50 bits per heavy atom. The highest BCUT2D eigenvalue weighted by atomic mass is 32.3. The van der Waals surface area contributed by atoms with Crippen LogP contribution in [-0.2, 0) is 30.1 Å². The Morgan fingerprint density at radius 2 is 2.00 bits per heavy atom. The summed E-state index contributed by atoms with van der Waals surface area (Å²) in [4.78, 5) is 0. The van der Waals surface area contributed by atoms with E-state index < -0.39 is 21.8 Å². The van der Waals surface area contributed by atoms with E-state index in [0.717, 1.165) is 0 Å². The average Bonchev–Trinajstić information content (AvgIpc) is 2.00. The lowest BCUT2D eigenvalue weighted by molar-refractivity contribution is 0.275. The minimum absolute atomic E-state index is 0.0568. The minimum atomic E-state index is -4.42. The van der Waals surface area contributed by atoms with Crippen LogP contribution < -0.4 is 0 Å². The summed E-state index contributed by atoms with van der Waals surface area (Å²) in [6, 6.07) is 0. The molecule has 2 N–H and O–H groups in total. The van der Waals surface area contributed by atoms with Crippen molar-refractivity contribution in [2.75, 3.05) is 13.2 Å². The van der Waals surface area contributed by atoms with Crippen LogP contribution in [0, 0.1) is 11.8 Å². The highest BCUT2D eigenvalue weighted by molar-refractivity contribution is 7.80. The van der Waals surface area contributed by atoms with Crippen LogP contribution >= 0.6 is 0 Å². The van der Waals surface area contributed by atoms with Crippen molar-refractivity contribution in [1.29, 1.82) is 0 Å². The van der Waals surface area contributed by atoms with E-state index in [0.29, 0.717) is 0 Å². The maximum Gasteiger partial charge on any atom is 0.397 e. The lowest BCUT2D eigenvalue weighted by Crippen LogP contribution is -2.04. The Labute approximate surface area is 83.8 Å². The zero-order chi connectivity index (χ0) is 11.0. The smallest absolute Gasteiger partial charge is 0.284 e. The molecule has 9 heteroatoms. The lowest BCUT2D eigenvalue weighted by Gasteiger charge is -1.93. The van der Waals surface area contributed by atoms with Gasteiger partial charge in [0.2, 0.25) is 0 Å². The van der Waals surface area contributed by atoms with Gasteiger partial charge in [-0.15, -0.1) is 0 Å². The van der Waals surface area contributed by atoms with E-state index in [1.54, 1.807) is 0 Å². The van der Waals surface area contributed by atoms with E-state index in [9.17, 15) is 12.6 Å². The molecule has 0 heterocycles. The largest absolute Gasteiger partial charge is 0.397 e. The number of rotatable bonds is 5. The molecule has 14 heavy (non-hydrogen) atoms. The van der Waals surface area contributed by atoms with Crippen molar-refractivity contribution in [3.63, 3.8) is 0 Å². The molecule has 1 unspecified atom stereocenters. The van der Waals surface area contributed by atoms with E-state index in [2.05, 4.69) is 20.2 Å². The van der Waals surface area contributed by atoms with Crippen LogP contribution in [0.15, 0.2) is 0 Å². The summed E-state index contributed by atoms with van der Waals surface area (Å²) in [5, 5.41) is 0. The normalized spacial score (nSPS) is 13.0. The summed E-state index contributed by atoms with van der Waals surface area (Å²) in [5.74, 6) is 4.71. The van der Waals surface area contributed by atoms with Crippen LogP contribution in [0.25, 0.3) is 0 Å². The van der Waals surface area contributed by atoms with Gasteiger partial charge in [0, 0.05) is 6.42 Å². The third-order valence-electron chi connectivity index (χ3n) is 0.816. The van der Waals surface area contributed by atoms with Gasteiger partial charge in [-0.2, -0.15) is 12.6 Å². The Hall–Kier alpha value is -0.500. The van der Waals surface area contributed by atoms with E-state index in [-0.39, 0.29) is 19.6 Å². The molecule has 0 aromatic carbocycles. The van der Waals surface area contributed by atoms with Crippen LogP contribution in [-0.4, -0.2) is 34.9 Å². The summed E-state index contributed by atoms with van der Waals surface area (Å²) < 4.78 is 54.2. The maximum absolute atomic E-state index is 10.00. The molecule has 0 aliphatic heterocycles. The highest BCUT2D eigenvalue weighted by Gasteiger charge is 2.01. The van der Waals surface area contributed by atoms with Crippen molar-refractivity contribution in [2.24, 2.45) is 0 Å². The fraction of sp³-hybridized carbons (Fsp3) is 0.600. The fourth-order valence-corrected chi connectivity index (χ4v) is 0.871. The molecule has 0 aliphatic carbocycles. The molecule has 0 saturated heterocycles. The average molecular weight is 244 g/mol. The van der Waals surface area contributed by atoms with Gasteiger partial charge in [0.15, 0.2) is 0 Å². The topological polar surface area (TPSA) is 110 Å². The summed E-state index contributed by atoms with van der Waals surface area (Å²) >= 11 is -2.36. The highest BCUT2D eigenvalue weighted by Crippen LogP contribution is 1.87.